The van der Waals surface area contributed by atoms with E-state index in [0.717, 1.165) is 36.2 Å². The van der Waals surface area contributed by atoms with E-state index in [-0.39, 0.29) is 0 Å². The van der Waals surface area contributed by atoms with Gasteiger partial charge in [0, 0.05) is 19.4 Å². The quantitative estimate of drug-likeness (QED) is 0.620. The maximum Gasteiger partial charge on any atom is 0.237 e. The van der Waals surface area contributed by atoms with Crippen molar-refractivity contribution in [1.82, 2.24) is 24.9 Å². The molecular weight excluding hydrogens is 310 g/mol. The largest absolute Gasteiger partial charge is 0.338 e. The summed E-state index contributed by atoms with van der Waals surface area (Å²) >= 11 is 1.57. The van der Waals surface area contributed by atoms with Crippen LogP contribution in [0.15, 0.2) is 40.0 Å². The number of thioether (sulfide) groups is 1. The van der Waals surface area contributed by atoms with Gasteiger partial charge in [0.2, 0.25) is 5.89 Å². The first-order chi connectivity index (χ1) is 11.3. The Morgan fingerprint density at radius 1 is 1.13 bits per heavy atom. The second-order valence-electron chi connectivity index (χ2n) is 5.05. The molecule has 6 nitrogen and oxygen atoms in total. The second-order valence-corrected chi connectivity index (χ2v) is 5.99. The predicted molar refractivity (Wildman–Crippen MR) is 88.2 cm³/mol. The summed E-state index contributed by atoms with van der Waals surface area (Å²) in [4.78, 5) is 4.32. The second kappa shape index (κ2) is 7.41. The molecule has 2 aromatic heterocycles. The van der Waals surface area contributed by atoms with Crippen molar-refractivity contribution in [2.45, 2.75) is 44.1 Å². The molecule has 0 N–H and O–H groups in total. The molecule has 1 aromatic carbocycles. The number of benzene rings is 1. The highest BCUT2D eigenvalue weighted by Gasteiger charge is 2.13. The minimum Gasteiger partial charge on any atom is -0.338 e. The summed E-state index contributed by atoms with van der Waals surface area (Å²) in [5, 5.41) is 13.4. The van der Waals surface area contributed by atoms with Gasteiger partial charge in [0.15, 0.2) is 11.0 Å². The Hall–Kier alpha value is -2.15. The summed E-state index contributed by atoms with van der Waals surface area (Å²) in [6, 6.07) is 10.3. The van der Waals surface area contributed by atoms with Crippen LogP contribution in [0.2, 0.25) is 0 Å². The van der Waals surface area contributed by atoms with Gasteiger partial charge in [0.25, 0.3) is 0 Å². The van der Waals surface area contributed by atoms with Gasteiger partial charge in [-0.3, -0.25) is 0 Å². The molecule has 0 bridgehead atoms. The molecule has 3 aromatic rings. The van der Waals surface area contributed by atoms with E-state index in [1.807, 2.05) is 25.1 Å². The SMILES string of the molecule is CCc1noc(CSc2nnc(Cc3ccccc3)n2CC)n1. The fourth-order valence-electron chi connectivity index (χ4n) is 2.27. The lowest BCUT2D eigenvalue weighted by Gasteiger charge is -2.06. The Kier molecular flexibility index (Phi) is 5.07. The average Bonchev–Trinajstić information content (AvgIpc) is 3.20. The van der Waals surface area contributed by atoms with Gasteiger partial charge >= 0.3 is 0 Å². The number of nitrogens with zero attached hydrogens (tertiary/aromatic N) is 5. The number of aromatic nitrogens is 5. The molecule has 0 radical (unpaired) electrons. The van der Waals surface area contributed by atoms with E-state index in [0.29, 0.717) is 11.6 Å². The number of aryl methyl sites for hydroxylation is 1. The first-order valence-electron chi connectivity index (χ1n) is 7.70. The third-order valence-electron chi connectivity index (χ3n) is 3.47. The van der Waals surface area contributed by atoms with Crippen molar-refractivity contribution in [3.8, 4) is 0 Å². The molecule has 0 spiro atoms. The molecule has 0 amide bonds. The molecular formula is C16H19N5OS. The predicted octanol–water partition coefficient (Wildman–Crippen LogP) is 3.13. The van der Waals surface area contributed by atoms with Crippen molar-refractivity contribution in [3.05, 3.63) is 53.4 Å². The van der Waals surface area contributed by atoms with Crippen molar-refractivity contribution in [3.63, 3.8) is 0 Å². The average molecular weight is 329 g/mol. The normalized spacial score (nSPS) is 11.0. The maximum atomic E-state index is 5.21. The Morgan fingerprint density at radius 3 is 2.65 bits per heavy atom. The highest BCUT2D eigenvalue weighted by atomic mass is 32.2. The van der Waals surface area contributed by atoms with Gasteiger partial charge in [-0.15, -0.1) is 10.2 Å². The summed E-state index contributed by atoms with van der Waals surface area (Å²) < 4.78 is 7.35. The van der Waals surface area contributed by atoms with Gasteiger partial charge in [-0.1, -0.05) is 54.2 Å². The van der Waals surface area contributed by atoms with Crippen LogP contribution in [-0.2, 0) is 25.1 Å². The Morgan fingerprint density at radius 2 is 1.96 bits per heavy atom. The summed E-state index contributed by atoms with van der Waals surface area (Å²) in [5.41, 5.74) is 1.23. The monoisotopic (exact) mass is 329 g/mol. The molecule has 23 heavy (non-hydrogen) atoms. The molecule has 0 saturated carbocycles. The van der Waals surface area contributed by atoms with E-state index in [1.165, 1.54) is 5.56 Å². The fraction of sp³-hybridized carbons (Fsp3) is 0.375. The van der Waals surface area contributed by atoms with Gasteiger partial charge < -0.3 is 9.09 Å². The lowest BCUT2D eigenvalue weighted by Crippen LogP contribution is -2.04. The topological polar surface area (TPSA) is 69.6 Å². The van der Waals surface area contributed by atoms with Gasteiger partial charge in [0.1, 0.15) is 5.82 Å². The maximum absolute atomic E-state index is 5.21. The molecule has 0 unspecified atom stereocenters. The molecule has 0 aliphatic heterocycles. The van der Waals surface area contributed by atoms with Crippen molar-refractivity contribution < 1.29 is 4.52 Å². The first-order valence-corrected chi connectivity index (χ1v) is 8.69. The highest BCUT2D eigenvalue weighted by molar-refractivity contribution is 7.98. The van der Waals surface area contributed by atoms with Gasteiger partial charge in [-0.05, 0) is 12.5 Å². The van der Waals surface area contributed by atoms with Crippen molar-refractivity contribution >= 4 is 11.8 Å². The summed E-state index contributed by atoms with van der Waals surface area (Å²) in [5.74, 6) is 2.95. The van der Waals surface area contributed by atoms with E-state index in [4.69, 9.17) is 4.52 Å². The standard InChI is InChI=1S/C16H19N5OS/c1-3-13-17-15(22-20-13)11-23-16-19-18-14(21(16)4-2)10-12-8-6-5-7-9-12/h5-9H,3-4,10-11H2,1-2H3. The van der Waals surface area contributed by atoms with Gasteiger partial charge in [-0.2, -0.15) is 4.98 Å². The smallest absolute Gasteiger partial charge is 0.237 e. The Labute approximate surface area is 139 Å². The molecule has 0 fully saturated rings. The van der Waals surface area contributed by atoms with E-state index in [1.54, 1.807) is 11.8 Å². The minimum absolute atomic E-state index is 0.608. The van der Waals surface area contributed by atoms with Crippen molar-refractivity contribution in [2.24, 2.45) is 0 Å². The van der Waals surface area contributed by atoms with Gasteiger partial charge in [0.05, 0.1) is 5.75 Å². The molecule has 0 atom stereocenters. The number of rotatable bonds is 7. The van der Waals surface area contributed by atoms with Crippen molar-refractivity contribution in [1.29, 1.82) is 0 Å². The van der Waals surface area contributed by atoms with E-state index >= 15 is 0 Å². The van der Waals surface area contributed by atoms with Crippen LogP contribution in [0.1, 0.15) is 37.0 Å². The molecule has 2 heterocycles. The van der Waals surface area contributed by atoms with E-state index < -0.39 is 0 Å². The van der Waals surface area contributed by atoms with Crippen LogP contribution in [0.3, 0.4) is 0 Å². The molecule has 0 saturated heterocycles. The fourth-order valence-corrected chi connectivity index (χ4v) is 3.13. The van der Waals surface area contributed by atoms with Crippen LogP contribution in [0.4, 0.5) is 0 Å². The van der Waals surface area contributed by atoms with Crippen LogP contribution in [0.5, 0.6) is 0 Å². The zero-order valence-corrected chi connectivity index (χ0v) is 14.1. The third kappa shape index (κ3) is 3.79. The zero-order valence-electron chi connectivity index (χ0n) is 13.3. The van der Waals surface area contributed by atoms with Crippen LogP contribution >= 0.6 is 11.8 Å². The zero-order chi connectivity index (χ0) is 16.1. The van der Waals surface area contributed by atoms with E-state index in [9.17, 15) is 0 Å². The summed E-state index contributed by atoms with van der Waals surface area (Å²) in [7, 11) is 0. The molecule has 0 aliphatic carbocycles. The summed E-state index contributed by atoms with van der Waals surface area (Å²) in [6.45, 7) is 4.94. The van der Waals surface area contributed by atoms with Crippen molar-refractivity contribution in [2.75, 3.05) is 0 Å². The molecule has 0 aliphatic rings. The first kappa shape index (κ1) is 15.7. The molecule has 7 heteroatoms. The lowest BCUT2D eigenvalue weighted by atomic mass is 10.1. The number of hydrogen-bond acceptors (Lipinski definition) is 6. The summed E-state index contributed by atoms with van der Waals surface area (Å²) in [6.07, 6.45) is 1.56. The van der Waals surface area contributed by atoms with Crippen LogP contribution in [0, 0.1) is 0 Å². The lowest BCUT2D eigenvalue weighted by molar-refractivity contribution is 0.385. The van der Waals surface area contributed by atoms with Crippen LogP contribution in [0.25, 0.3) is 0 Å². The van der Waals surface area contributed by atoms with Crippen LogP contribution < -0.4 is 0 Å². The molecule has 120 valence electrons. The number of hydrogen-bond donors (Lipinski definition) is 0. The third-order valence-corrected chi connectivity index (χ3v) is 4.42. The highest BCUT2D eigenvalue weighted by Crippen LogP contribution is 2.22. The minimum atomic E-state index is 0.608. The van der Waals surface area contributed by atoms with Crippen LogP contribution in [-0.4, -0.2) is 24.9 Å². The Bertz CT molecular complexity index is 753. The van der Waals surface area contributed by atoms with Gasteiger partial charge in [-0.25, -0.2) is 0 Å². The van der Waals surface area contributed by atoms with E-state index in [2.05, 4.69) is 44.0 Å². The molecule has 3 rings (SSSR count). The Balaban J connectivity index is 1.70.